The van der Waals surface area contributed by atoms with Crippen LogP contribution in [-0.4, -0.2) is 10.6 Å². The van der Waals surface area contributed by atoms with Gasteiger partial charge in [0.25, 0.3) is 5.69 Å². The number of benzene rings is 2. The zero-order valence-electron chi connectivity index (χ0n) is 13.0. The number of hydrazone groups is 1. The maximum absolute atomic E-state index is 12.2. The largest absolute Gasteiger partial charge is 0.422 e. The highest BCUT2D eigenvalue weighted by molar-refractivity contribution is 6.03. The van der Waals surface area contributed by atoms with Gasteiger partial charge in [0.15, 0.2) is 0 Å². The van der Waals surface area contributed by atoms with Gasteiger partial charge in [0.2, 0.25) is 0 Å². The Morgan fingerprint density at radius 1 is 1.16 bits per heavy atom. The first-order chi connectivity index (χ1) is 12.1. The number of nitro benzene ring substituents is 1. The van der Waals surface area contributed by atoms with Gasteiger partial charge in [-0.2, -0.15) is 5.10 Å². The highest BCUT2D eigenvalue weighted by Crippen LogP contribution is 2.26. The molecule has 0 radical (unpaired) electrons. The summed E-state index contributed by atoms with van der Waals surface area (Å²) in [6.07, 6.45) is 0.501. The molecule has 1 atom stereocenters. The maximum atomic E-state index is 12.2. The number of hydrogen-bond donors (Lipinski definition) is 1. The van der Waals surface area contributed by atoms with Crippen molar-refractivity contribution in [3.05, 3.63) is 86.3 Å². The van der Waals surface area contributed by atoms with E-state index in [0.717, 1.165) is 10.9 Å². The summed E-state index contributed by atoms with van der Waals surface area (Å²) in [5, 5.41) is 15.8. The lowest BCUT2D eigenvalue weighted by Crippen LogP contribution is -2.14. The van der Waals surface area contributed by atoms with Gasteiger partial charge >= 0.3 is 5.63 Å². The molecule has 0 aliphatic carbocycles. The highest BCUT2D eigenvalue weighted by Gasteiger charge is 2.24. The minimum Gasteiger partial charge on any atom is -0.422 e. The summed E-state index contributed by atoms with van der Waals surface area (Å²) in [4.78, 5) is 22.5. The summed E-state index contributed by atoms with van der Waals surface area (Å²) in [5.41, 5.74) is 5.04. The van der Waals surface area contributed by atoms with E-state index in [9.17, 15) is 14.9 Å². The Labute approximate surface area is 141 Å². The van der Waals surface area contributed by atoms with Gasteiger partial charge in [0.1, 0.15) is 5.58 Å². The van der Waals surface area contributed by atoms with Crippen LogP contribution in [0, 0.1) is 10.1 Å². The number of para-hydroxylation sites is 1. The number of rotatable bonds is 3. The van der Waals surface area contributed by atoms with Crippen molar-refractivity contribution in [1.29, 1.82) is 0 Å². The molecular weight excluding hydrogens is 322 g/mol. The smallest absolute Gasteiger partial charge is 0.345 e. The number of nitrogens with zero attached hydrogens (tertiary/aromatic N) is 2. The van der Waals surface area contributed by atoms with Crippen LogP contribution >= 0.6 is 0 Å². The Kier molecular flexibility index (Phi) is 3.53. The summed E-state index contributed by atoms with van der Waals surface area (Å²) in [7, 11) is 0. The van der Waals surface area contributed by atoms with Gasteiger partial charge in [0, 0.05) is 23.9 Å². The summed E-state index contributed by atoms with van der Waals surface area (Å²) in [6, 6.07) is 15.2. The van der Waals surface area contributed by atoms with Crippen LogP contribution in [0.1, 0.15) is 23.6 Å². The number of nitrogens with one attached hydrogen (secondary N) is 1. The summed E-state index contributed by atoms with van der Waals surface area (Å²) < 4.78 is 5.35. The van der Waals surface area contributed by atoms with Gasteiger partial charge in [-0.25, -0.2) is 4.79 Å². The van der Waals surface area contributed by atoms with E-state index in [1.54, 1.807) is 24.3 Å². The molecule has 7 nitrogen and oxygen atoms in total. The predicted octanol–water partition coefficient (Wildman–Crippen LogP) is 3.14. The second kappa shape index (κ2) is 5.86. The van der Waals surface area contributed by atoms with E-state index in [0.29, 0.717) is 23.3 Å². The Bertz CT molecular complexity index is 1050. The van der Waals surface area contributed by atoms with Crippen LogP contribution in [0.3, 0.4) is 0 Å². The third-order valence-corrected chi connectivity index (χ3v) is 4.21. The number of fused-ring (bicyclic) bond motifs is 1. The summed E-state index contributed by atoms with van der Waals surface area (Å²) in [6.45, 7) is 0. The molecule has 0 bridgehead atoms. The molecule has 3 aromatic rings. The standard InChI is InChI=1S/C18H13N3O4/c22-18-14(9-12-3-1-2-4-17(12)25-18)16-10-15(19-20-16)11-5-7-13(8-6-11)21(23)24/h1-9,15,19H,10H2/t15-/m1/s1. The first kappa shape index (κ1) is 15.1. The van der Waals surface area contributed by atoms with Gasteiger partial charge in [-0.3, -0.25) is 10.1 Å². The highest BCUT2D eigenvalue weighted by atomic mass is 16.6. The quantitative estimate of drug-likeness (QED) is 0.450. The zero-order chi connectivity index (χ0) is 17.4. The van der Waals surface area contributed by atoms with Crippen LogP contribution in [-0.2, 0) is 0 Å². The van der Waals surface area contributed by atoms with Crippen LogP contribution < -0.4 is 11.1 Å². The van der Waals surface area contributed by atoms with Crippen molar-refractivity contribution in [3.8, 4) is 0 Å². The molecule has 0 spiro atoms. The molecule has 2 aromatic carbocycles. The summed E-state index contributed by atoms with van der Waals surface area (Å²) in [5.74, 6) is 0. The minimum atomic E-state index is -0.436. The lowest BCUT2D eigenvalue weighted by molar-refractivity contribution is -0.384. The lowest BCUT2D eigenvalue weighted by atomic mass is 9.99. The maximum Gasteiger partial charge on any atom is 0.345 e. The molecule has 2 heterocycles. The van der Waals surface area contributed by atoms with E-state index in [2.05, 4.69) is 10.5 Å². The Morgan fingerprint density at radius 2 is 1.92 bits per heavy atom. The van der Waals surface area contributed by atoms with Gasteiger partial charge in [-0.05, 0) is 17.7 Å². The molecule has 1 aliphatic rings. The first-order valence-corrected chi connectivity index (χ1v) is 7.71. The molecule has 0 unspecified atom stereocenters. The van der Waals surface area contributed by atoms with Crippen LogP contribution in [0.5, 0.6) is 0 Å². The molecule has 1 N–H and O–H groups in total. The second-order valence-electron chi connectivity index (χ2n) is 5.78. The Balaban J connectivity index is 1.61. The molecule has 0 saturated carbocycles. The topological polar surface area (TPSA) is 97.7 Å². The summed E-state index contributed by atoms with van der Waals surface area (Å²) >= 11 is 0. The van der Waals surface area contributed by atoms with Gasteiger partial charge in [0.05, 0.1) is 22.2 Å². The molecule has 0 amide bonds. The van der Waals surface area contributed by atoms with E-state index in [1.807, 2.05) is 18.2 Å². The van der Waals surface area contributed by atoms with Crippen LogP contribution in [0.2, 0.25) is 0 Å². The molecule has 4 rings (SSSR count). The van der Waals surface area contributed by atoms with Crippen LogP contribution in [0.25, 0.3) is 11.0 Å². The molecule has 7 heteroatoms. The molecule has 0 saturated heterocycles. The fourth-order valence-electron chi connectivity index (χ4n) is 2.89. The van der Waals surface area contributed by atoms with Crippen LogP contribution in [0.15, 0.2) is 68.9 Å². The molecule has 0 fully saturated rings. The minimum absolute atomic E-state index is 0.0399. The van der Waals surface area contributed by atoms with Crippen LogP contribution in [0.4, 0.5) is 5.69 Å². The van der Waals surface area contributed by atoms with Crippen molar-refractivity contribution in [2.24, 2.45) is 5.10 Å². The van der Waals surface area contributed by atoms with Crippen molar-refractivity contribution in [3.63, 3.8) is 0 Å². The molecule has 124 valence electrons. The Hall–Kier alpha value is -3.48. The van der Waals surface area contributed by atoms with Gasteiger partial charge in [-0.1, -0.05) is 30.3 Å². The third kappa shape index (κ3) is 2.76. The molecule has 1 aromatic heterocycles. The first-order valence-electron chi connectivity index (χ1n) is 7.71. The van der Waals surface area contributed by atoms with Crippen molar-refractivity contribution in [2.75, 3.05) is 0 Å². The lowest BCUT2D eigenvalue weighted by Gasteiger charge is -2.09. The normalized spacial score (nSPS) is 16.5. The van der Waals surface area contributed by atoms with Crippen molar-refractivity contribution in [2.45, 2.75) is 12.5 Å². The second-order valence-corrected chi connectivity index (χ2v) is 5.78. The van der Waals surface area contributed by atoms with Crippen molar-refractivity contribution in [1.82, 2.24) is 5.43 Å². The molecule has 1 aliphatic heterocycles. The van der Waals surface area contributed by atoms with Crippen molar-refractivity contribution < 1.29 is 9.34 Å². The average Bonchev–Trinajstić information content (AvgIpc) is 3.11. The monoisotopic (exact) mass is 335 g/mol. The number of non-ortho nitro benzene ring substituents is 1. The fraction of sp³-hybridized carbons (Fsp3) is 0.111. The fourth-order valence-corrected chi connectivity index (χ4v) is 2.89. The van der Waals surface area contributed by atoms with E-state index >= 15 is 0 Å². The SMILES string of the molecule is O=c1oc2ccccc2cc1C1=NN[C@@H](c2ccc([N+](=O)[O-])cc2)C1. The third-order valence-electron chi connectivity index (χ3n) is 4.21. The van der Waals surface area contributed by atoms with E-state index in [4.69, 9.17) is 4.42 Å². The molecule has 25 heavy (non-hydrogen) atoms. The van der Waals surface area contributed by atoms with E-state index < -0.39 is 10.5 Å². The number of nitro groups is 1. The predicted molar refractivity (Wildman–Crippen MR) is 92.6 cm³/mol. The number of hydrogen-bond acceptors (Lipinski definition) is 6. The van der Waals surface area contributed by atoms with Gasteiger partial charge < -0.3 is 9.84 Å². The van der Waals surface area contributed by atoms with Gasteiger partial charge in [-0.15, -0.1) is 0 Å². The van der Waals surface area contributed by atoms with E-state index in [-0.39, 0.29) is 11.7 Å². The molecular formula is C18H13N3O4. The zero-order valence-corrected chi connectivity index (χ0v) is 13.0. The average molecular weight is 335 g/mol. The Morgan fingerprint density at radius 3 is 2.68 bits per heavy atom. The van der Waals surface area contributed by atoms with Crippen molar-refractivity contribution >= 4 is 22.4 Å². The van der Waals surface area contributed by atoms with E-state index in [1.165, 1.54) is 12.1 Å².